The monoisotopic (exact) mass is 453 g/mol. The average molecular weight is 454 g/mol. The second-order valence-corrected chi connectivity index (χ2v) is 7.44. The van der Waals surface area contributed by atoms with Crippen molar-refractivity contribution in [2.24, 2.45) is 0 Å². The van der Waals surface area contributed by atoms with Crippen LogP contribution >= 0.6 is 15.9 Å². The smallest absolute Gasteiger partial charge is 0.226 e. The second kappa shape index (κ2) is 11.0. The first-order valence-corrected chi connectivity index (χ1v) is 10.4. The minimum absolute atomic E-state index is 0.0549. The van der Waals surface area contributed by atoms with Gasteiger partial charge in [0.1, 0.15) is 0 Å². The Kier molecular flexibility index (Phi) is 8.76. The average Bonchev–Trinajstić information content (AvgIpc) is 3.12. The summed E-state index contributed by atoms with van der Waals surface area (Å²) in [6.45, 7) is 9.49. The van der Waals surface area contributed by atoms with E-state index in [1.165, 1.54) is 0 Å². The number of halogens is 1. The lowest BCUT2D eigenvalue weighted by Gasteiger charge is -2.14. The van der Waals surface area contributed by atoms with Gasteiger partial charge in [0.15, 0.2) is 17.3 Å². The summed E-state index contributed by atoms with van der Waals surface area (Å²) in [5.41, 5.74) is 0.850. The fraction of sp³-hybridized carbons (Fsp3) is 0.550. The predicted octanol–water partition coefficient (Wildman–Crippen LogP) is 4.04. The molecule has 7 nitrogen and oxygen atoms in total. The summed E-state index contributed by atoms with van der Waals surface area (Å²) in [5, 5.41) is 6.87. The van der Waals surface area contributed by atoms with E-state index in [2.05, 4.69) is 31.4 Å². The van der Waals surface area contributed by atoms with E-state index in [-0.39, 0.29) is 18.2 Å². The fourth-order valence-corrected chi connectivity index (χ4v) is 3.02. The molecular weight excluding hydrogens is 426 g/mol. The van der Waals surface area contributed by atoms with Crippen LogP contribution in [0.5, 0.6) is 11.5 Å². The fourth-order valence-electron chi connectivity index (χ4n) is 2.56. The molecule has 2 rings (SSSR count). The largest absolute Gasteiger partial charge is 0.490 e. The number of aromatic nitrogens is 2. The lowest BCUT2D eigenvalue weighted by molar-refractivity contribution is -0.120. The molecule has 0 aliphatic heterocycles. The molecule has 0 saturated heterocycles. The minimum Gasteiger partial charge on any atom is -0.490 e. The molecular formula is C20H28BrN3O4. The SMILES string of the molecule is CCOc1cc(Br)c(CC(=O)NCCCc2nc(C(C)C)no2)cc1OCC. The number of nitrogens with zero attached hydrogens (tertiary/aromatic N) is 2. The van der Waals surface area contributed by atoms with Crippen LogP contribution in [0.2, 0.25) is 0 Å². The van der Waals surface area contributed by atoms with E-state index < -0.39 is 0 Å². The Balaban J connectivity index is 1.85. The summed E-state index contributed by atoms with van der Waals surface area (Å²) in [7, 11) is 0. The maximum absolute atomic E-state index is 12.3. The lowest BCUT2D eigenvalue weighted by atomic mass is 10.1. The van der Waals surface area contributed by atoms with Crippen LogP contribution in [0, 0.1) is 0 Å². The van der Waals surface area contributed by atoms with Gasteiger partial charge in [-0.3, -0.25) is 4.79 Å². The van der Waals surface area contributed by atoms with Gasteiger partial charge < -0.3 is 19.3 Å². The summed E-state index contributed by atoms with van der Waals surface area (Å²) in [5.74, 6) is 2.82. The van der Waals surface area contributed by atoms with Crippen molar-refractivity contribution >= 4 is 21.8 Å². The van der Waals surface area contributed by atoms with Gasteiger partial charge in [-0.1, -0.05) is 34.9 Å². The summed E-state index contributed by atoms with van der Waals surface area (Å²) >= 11 is 3.51. The summed E-state index contributed by atoms with van der Waals surface area (Å²) in [4.78, 5) is 16.6. The Morgan fingerprint density at radius 2 is 1.89 bits per heavy atom. The Bertz CT molecular complexity index is 777. The molecule has 0 aliphatic rings. The Morgan fingerprint density at radius 3 is 2.50 bits per heavy atom. The van der Waals surface area contributed by atoms with Gasteiger partial charge in [-0.2, -0.15) is 4.98 Å². The number of benzene rings is 1. The number of carbonyl (C=O) groups is 1. The van der Waals surface area contributed by atoms with Crippen molar-refractivity contribution in [3.8, 4) is 11.5 Å². The van der Waals surface area contributed by atoms with Crippen molar-refractivity contribution in [3.63, 3.8) is 0 Å². The third kappa shape index (κ3) is 6.51. The molecule has 154 valence electrons. The van der Waals surface area contributed by atoms with Crippen LogP contribution in [0.4, 0.5) is 0 Å². The van der Waals surface area contributed by atoms with Crippen LogP contribution in [0.15, 0.2) is 21.1 Å². The molecule has 0 bridgehead atoms. The zero-order valence-electron chi connectivity index (χ0n) is 16.9. The van der Waals surface area contributed by atoms with Crippen molar-refractivity contribution in [1.29, 1.82) is 0 Å². The van der Waals surface area contributed by atoms with Gasteiger partial charge in [0.25, 0.3) is 0 Å². The molecule has 0 unspecified atom stereocenters. The van der Waals surface area contributed by atoms with Crippen LogP contribution in [-0.4, -0.2) is 35.8 Å². The molecule has 2 aromatic rings. The lowest BCUT2D eigenvalue weighted by Crippen LogP contribution is -2.26. The molecule has 1 amide bonds. The topological polar surface area (TPSA) is 86.5 Å². The van der Waals surface area contributed by atoms with Gasteiger partial charge in [-0.15, -0.1) is 0 Å². The normalized spacial score (nSPS) is 10.9. The third-order valence-corrected chi connectivity index (χ3v) is 4.69. The summed E-state index contributed by atoms with van der Waals surface area (Å²) in [6.07, 6.45) is 1.63. The number of ether oxygens (including phenoxy) is 2. The standard InChI is InChI=1S/C20H28BrN3O4/c1-5-26-16-10-14(15(21)12-17(16)27-6-2)11-18(25)22-9-7-8-19-23-20(13(3)4)24-28-19/h10,12-13H,5-9,11H2,1-4H3,(H,22,25). The second-order valence-electron chi connectivity index (χ2n) is 6.59. The van der Waals surface area contributed by atoms with Crippen molar-refractivity contribution in [3.05, 3.63) is 33.9 Å². The molecule has 0 fully saturated rings. The van der Waals surface area contributed by atoms with E-state index in [0.29, 0.717) is 49.4 Å². The van der Waals surface area contributed by atoms with E-state index in [1.54, 1.807) is 0 Å². The highest BCUT2D eigenvalue weighted by atomic mass is 79.9. The van der Waals surface area contributed by atoms with Gasteiger partial charge in [-0.05, 0) is 38.0 Å². The molecule has 0 atom stereocenters. The Hall–Kier alpha value is -2.09. The molecule has 0 spiro atoms. The van der Waals surface area contributed by atoms with E-state index in [9.17, 15) is 4.79 Å². The maximum Gasteiger partial charge on any atom is 0.226 e. The predicted molar refractivity (Wildman–Crippen MR) is 110 cm³/mol. The van der Waals surface area contributed by atoms with Crippen LogP contribution in [0.3, 0.4) is 0 Å². The van der Waals surface area contributed by atoms with Crippen molar-refractivity contribution in [2.45, 2.75) is 52.9 Å². The molecule has 8 heteroatoms. The van der Waals surface area contributed by atoms with Crippen LogP contribution < -0.4 is 14.8 Å². The third-order valence-electron chi connectivity index (χ3n) is 3.95. The number of hydrogen-bond donors (Lipinski definition) is 1. The zero-order valence-corrected chi connectivity index (χ0v) is 18.5. The number of amides is 1. The number of aryl methyl sites for hydroxylation is 1. The number of hydrogen-bond acceptors (Lipinski definition) is 6. The number of nitrogens with one attached hydrogen (secondary N) is 1. The molecule has 0 saturated carbocycles. The van der Waals surface area contributed by atoms with Crippen LogP contribution in [-0.2, 0) is 17.6 Å². The molecule has 1 N–H and O–H groups in total. The highest BCUT2D eigenvalue weighted by molar-refractivity contribution is 9.10. The van der Waals surface area contributed by atoms with Crippen LogP contribution in [0.25, 0.3) is 0 Å². The van der Waals surface area contributed by atoms with E-state index in [0.717, 1.165) is 16.5 Å². The maximum atomic E-state index is 12.3. The van der Waals surface area contributed by atoms with E-state index >= 15 is 0 Å². The molecule has 28 heavy (non-hydrogen) atoms. The van der Waals surface area contributed by atoms with Crippen molar-refractivity contribution in [1.82, 2.24) is 15.5 Å². The Labute approximate surface area is 174 Å². The molecule has 0 aliphatic carbocycles. The first-order chi connectivity index (χ1) is 13.4. The molecule has 1 aromatic heterocycles. The highest BCUT2D eigenvalue weighted by Crippen LogP contribution is 2.34. The summed E-state index contributed by atoms with van der Waals surface area (Å²) < 4.78 is 17.3. The van der Waals surface area contributed by atoms with Crippen molar-refractivity contribution < 1.29 is 18.8 Å². The quantitative estimate of drug-likeness (QED) is 0.516. The number of carbonyl (C=O) groups excluding carboxylic acids is 1. The minimum atomic E-state index is -0.0549. The van der Waals surface area contributed by atoms with Gasteiger partial charge in [-0.25, -0.2) is 0 Å². The van der Waals surface area contributed by atoms with Gasteiger partial charge in [0.2, 0.25) is 11.8 Å². The molecule has 0 radical (unpaired) electrons. The van der Waals surface area contributed by atoms with Gasteiger partial charge >= 0.3 is 0 Å². The number of rotatable bonds is 11. The molecule has 1 aromatic carbocycles. The first kappa shape index (κ1) is 22.2. The van der Waals surface area contributed by atoms with Gasteiger partial charge in [0, 0.05) is 23.4 Å². The van der Waals surface area contributed by atoms with E-state index in [4.69, 9.17) is 14.0 Å². The first-order valence-electron chi connectivity index (χ1n) is 9.61. The zero-order chi connectivity index (χ0) is 20.5. The molecule has 1 heterocycles. The van der Waals surface area contributed by atoms with E-state index in [1.807, 2.05) is 39.8 Å². The summed E-state index contributed by atoms with van der Waals surface area (Å²) in [6, 6.07) is 3.70. The highest BCUT2D eigenvalue weighted by Gasteiger charge is 2.14. The van der Waals surface area contributed by atoms with Crippen molar-refractivity contribution in [2.75, 3.05) is 19.8 Å². The van der Waals surface area contributed by atoms with Crippen LogP contribution in [0.1, 0.15) is 57.3 Å². The van der Waals surface area contributed by atoms with Gasteiger partial charge in [0.05, 0.1) is 19.6 Å². The Morgan fingerprint density at radius 1 is 1.21 bits per heavy atom.